The molecule has 0 bridgehead atoms. The van der Waals surface area contributed by atoms with Gasteiger partial charge < -0.3 is 4.74 Å². The highest BCUT2D eigenvalue weighted by molar-refractivity contribution is 7.98. The van der Waals surface area contributed by atoms with Gasteiger partial charge in [-0.25, -0.2) is 4.98 Å². The van der Waals surface area contributed by atoms with Gasteiger partial charge in [0.05, 0.1) is 10.4 Å². The monoisotopic (exact) mass is 360 g/mol. The largest absolute Gasteiger partial charge is 0.482 e. The summed E-state index contributed by atoms with van der Waals surface area (Å²) in [5.41, 5.74) is 1.41. The molecule has 0 radical (unpaired) electrons. The van der Waals surface area contributed by atoms with Crippen LogP contribution >= 0.6 is 23.4 Å². The van der Waals surface area contributed by atoms with E-state index in [2.05, 4.69) is 4.98 Å². The molecule has 0 aliphatic rings. The van der Waals surface area contributed by atoms with E-state index in [0.717, 1.165) is 15.8 Å². The maximum Gasteiger partial charge on any atom is 0.310 e. The van der Waals surface area contributed by atoms with Gasteiger partial charge in [-0.1, -0.05) is 29.8 Å². The topological polar surface area (TPSA) is 65.3 Å². The number of fused-ring (bicyclic) bond motifs is 1. The summed E-state index contributed by atoms with van der Waals surface area (Å²) in [5.74, 6) is 0.205. The average molecular weight is 361 g/mol. The smallest absolute Gasteiger partial charge is 0.310 e. The van der Waals surface area contributed by atoms with E-state index in [1.807, 2.05) is 30.5 Å². The molecule has 3 aromatic rings. The molecule has 0 aliphatic carbocycles. The molecular weight excluding hydrogens is 348 g/mol. The summed E-state index contributed by atoms with van der Waals surface area (Å²) in [6.45, 7) is 0.108. The highest BCUT2D eigenvalue weighted by Crippen LogP contribution is 2.29. The zero-order chi connectivity index (χ0) is 17.1. The third kappa shape index (κ3) is 3.44. The lowest BCUT2D eigenvalue weighted by Crippen LogP contribution is -2.00. The molecule has 0 saturated heterocycles. The van der Waals surface area contributed by atoms with Crippen molar-refractivity contribution in [3.8, 4) is 5.75 Å². The molecular formula is C17H13ClN2O3S. The van der Waals surface area contributed by atoms with Crippen LogP contribution in [0.4, 0.5) is 5.69 Å². The SMILES string of the molecule is CSc1ccc2cc(COc3ccccc3[N+](=O)[O-])c(Cl)nc2c1. The van der Waals surface area contributed by atoms with Crippen LogP contribution in [0.5, 0.6) is 5.75 Å². The minimum Gasteiger partial charge on any atom is -0.482 e. The Hall–Kier alpha value is -2.31. The van der Waals surface area contributed by atoms with E-state index in [4.69, 9.17) is 16.3 Å². The Morgan fingerprint density at radius 1 is 1.25 bits per heavy atom. The number of hydrogen-bond acceptors (Lipinski definition) is 5. The zero-order valence-electron chi connectivity index (χ0n) is 12.7. The van der Waals surface area contributed by atoms with E-state index in [0.29, 0.717) is 10.7 Å². The minimum atomic E-state index is -0.473. The molecule has 122 valence electrons. The number of hydrogen-bond donors (Lipinski definition) is 0. The van der Waals surface area contributed by atoms with Crippen molar-refractivity contribution in [1.29, 1.82) is 0 Å². The van der Waals surface area contributed by atoms with Crippen molar-refractivity contribution in [2.24, 2.45) is 0 Å². The Kier molecular flexibility index (Phi) is 4.87. The molecule has 24 heavy (non-hydrogen) atoms. The Bertz CT molecular complexity index is 917. The summed E-state index contributed by atoms with van der Waals surface area (Å²) in [4.78, 5) is 16.0. The van der Waals surface area contributed by atoms with Crippen LogP contribution in [0, 0.1) is 10.1 Å². The normalized spacial score (nSPS) is 10.8. The number of aromatic nitrogens is 1. The van der Waals surface area contributed by atoms with Gasteiger partial charge >= 0.3 is 5.69 Å². The summed E-state index contributed by atoms with van der Waals surface area (Å²) in [6.07, 6.45) is 2.00. The number of nitro benzene ring substituents is 1. The van der Waals surface area contributed by atoms with E-state index in [-0.39, 0.29) is 18.0 Å². The zero-order valence-corrected chi connectivity index (χ0v) is 14.3. The van der Waals surface area contributed by atoms with Gasteiger partial charge in [0, 0.05) is 21.9 Å². The van der Waals surface area contributed by atoms with Crippen LogP contribution in [0.15, 0.2) is 53.4 Å². The second kappa shape index (κ2) is 7.07. The number of benzene rings is 2. The lowest BCUT2D eigenvalue weighted by Gasteiger charge is -2.09. The summed E-state index contributed by atoms with van der Waals surface area (Å²) in [6, 6.07) is 14.1. The third-order valence-corrected chi connectivity index (χ3v) is 4.55. The number of nitro groups is 1. The lowest BCUT2D eigenvalue weighted by atomic mass is 10.1. The van der Waals surface area contributed by atoms with E-state index in [1.165, 1.54) is 6.07 Å². The Morgan fingerprint density at radius 3 is 2.79 bits per heavy atom. The summed E-state index contributed by atoms with van der Waals surface area (Å²) in [7, 11) is 0. The number of thioether (sulfide) groups is 1. The first-order chi connectivity index (χ1) is 11.6. The lowest BCUT2D eigenvalue weighted by molar-refractivity contribution is -0.385. The molecule has 2 aromatic carbocycles. The second-order valence-corrected chi connectivity index (χ2v) is 6.25. The number of nitrogens with zero attached hydrogens (tertiary/aromatic N) is 2. The van der Waals surface area contributed by atoms with Gasteiger partial charge in [-0.15, -0.1) is 11.8 Å². The van der Waals surface area contributed by atoms with E-state index in [9.17, 15) is 10.1 Å². The van der Waals surface area contributed by atoms with E-state index < -0.39 is 4.92 Å². The van der Waals surface area contributed by atoms with Gasteiger partial charge in [-0.2, -0.15) is 0 Å². The molecule has 1 heterocycles. The number of rotatable bonds is 5. The van der Waals surface area contributed by atoms with Crippen molar-refractivity contribution in [1.82, 2.24) is 4.98 Å². The quantitative estimate of drug-likeness (QED) is 0.274. The van der Waals surface area contributed by atoms with Crippen molar-refractivity contribution in [3.63, 3.8) is 0 Å². The molecule has 0 aliphatic heterocycles. The highest BCUT2D eigenvalue weighted by Gasteiger charge is 2.14. The standard InChI is InChI=1S/C17H13ClN2O3S/c1-24-13-7-6-11-8-12(17(18)19-14(11)9-13)10-23-16-5-3-2-4-15(16)20(21)22/h2-9H,10H2,1H3. The fourth-order valence-electron chi connectivity index (χ4n) is 2.28. The molecule has 0 saturated carbocycles. The number of ether oxygens (including phenoxy) is 1. The average Bonchev–Trinajstić information content (AvgIpc) is 2.59. The fraction of sp³-hybridized carbons (Fsp3) is 0.118. The molecule has 1 aromatic heterocycles. The maximum atomic E-state index is 11.0. The third-order valence-electron chi connectivity index (χ3n) is 3.50. The Labute approximate surface area is 147 Å². The van der Waals surface area contributed by atoms with Crippen molar-refractivity contribution in [2.75, 3.05) is 6.26 Å². The molecule has 0 spiro atoms. The predicted octanol–water partition coefficient (Wildman–Crippen LogP) is 5.10. The minimum absolute atomic E-state index is 0.0769. The van der Waals surface area contributed by atoms with Gasteiger partial charge in [0.25, 0.3) is 0 Å². The summed E-state index contributed by atoms with van der Waals surface area (Å²) in [5, 5.41) is 12.3. The molecule has 7 heteroatoms. The van der Waals surface area contributed by atoms with Gasteiger partial charge in [-0.3, -0.25) is 10.1 Å². The van der Waals surface area contributed by atoms with Crippen molar-refractivity contribution in [2.45, 2.75) is 11.5 Å². The number of halogens is 1. The van der Waals surface area contributed by atoms with Crippen LogP contribution in [0.3, 0.4) is 0 Å². The molecule has 3 rings (SSSR count). The van der Waals surface area contributed by atoms with Gasteiger partial charge in [0.2, 0.25) is 0 Å². The predicted molar refractivity (Wildman–Crippen MR) is 96.0 cm³/mol. The van der Waals surface area contributed by atoms with Crippen LogP contribution in [-0.2, 0) is 6.61 Å². The van der Waals surface area contributed by atoms with Crippen molar-refractivity contribution in [3.05, 3.63) is 69.4 Å². The first-order valence-corrected chi connectivity index (χ1v) is 8.68. The van der Waals surface area contributed by atoms with Gasteiger partial charge in [0.15, 0.2) is 5.75 Å². The van der Waals surface area contributed by atoms with Crippen LogP contribution in [0.2, 0.25) is 5.15 Å². The van der Waals surface area contributed by atoms with E-state index >= 15 is 0 Å². The maximum absolute atomic E-state index is 11.0. The molecule has 0 fully saturated rings. The van der Waals surface area contributed by atoms with Gasteiger partial charge in [0.1, 0.15) is 11.8 Å². The van der Waals surface area contributed by atoms with Crippen LogP contribution < -0.4 is 4.74 Å². The molecule has 0 N–H and O–H groups in total. The Balaban J connectivity index is 1.88. The number of para-hydroxylation sites is 2. The van der Waals surface area contributed by atoms with Crippen molar-refractivity contribution >= 4 is 40.0 Å². The first kappa shape index (κ1) is 16.5. The molecule has 0 unspecified atom stereocenters. The first-order valence-electron chi connectivity index (χ1n) is 7.08. The fourth-order valence-corrected chi connectivity index (χ4v) is 2.91. The van der Waals surface area contributed by atoms with E-state index in [1.54, 1.807) is 30.0 Å². The summed E-state index contributed by atoms with van der Waals surface area (Å²) < 4.78 is 5.59. The number of pyridine rings is 1. The summed E-state index contributed by atoms with van der Waals surface area (Å²) >= 11 is 7.87. The molecule has 0 amide bonds. The van der Waals surface area contributed by atoms with Crippen LogP contribution in [-0.4, -0.2) is 16.2 Å². The van der Waals surface area contributed by atoms with Crippen molar-refractivity contribution < 1.29 is 9.66 Å². The molecule has 0 atom stereocenters. The van der Waals surface area contributed by atoms with Crippen LogP contribution in [0.25, 0.3) is 10.9 Å². The van der Waals surface area contributed by atoms with Crippen LogP contribution in [0.1, 0.15) is 5.56 Å². The highest BCUT2D eigenvalue weighted by atomic mass is 35.5. The van der Waals surface area contributed by atoms with Gasteiger partial charge in [-0.05, 0) is 30.5 Å². The molecule has 5 nitrogen and oxygen atoms in total. The second-order valence-electron chi connectivity index (χ2n) is 5.01. The Morgan fingerprint density at radius 2 is 2.04 bits per heavy atom.